The van der Waals surface area contributed by atoms with E-state index in [0.717, 1.165) is 6.07 Å². The third-order valence-corrected chi connectivity index (χ3v) is 2.40. The summed E-state index contributed by atoms with van der Waals surface area (Å²) in [6, 6.07) is 6.72. The Hall–Kier alpha value is -1.66. The van der Waals surface area contributed by atoms with Crippen molar-refractivity contribution < 1.29 is 13.2 Å². The molecule has 3 nitrogen and oxygen atoms in total. The van der Waals surface area contributed by atoms with Gasteiger partial charge in [0.15, 0.2) is 0 Å². The maximum atomic E-state index is 12.8. The lowest BCUT2D eigenvalue weighted by molar-refractivity contribution is -0.137. The van der Waals surface area contributed by atoms with Crippen LogP contribution in [0.2, 0.25) is 0 Å². The molecule has 102 valence electrons. The summed E-state index contributed by atoms with van der Waals surface area (Å²) in [5.74, 6) is 0.310. The van der Waals surface area contributed by atoms with Crippen LogP contribution in [0.4, 0.5) is 13.2 Å². The van der Waals surface area contributed by atoms with Crippen LogP contribution in [-0.4, -0.2) is 9.97 Å². The molecule has 0 spiro atoms. The molecule has 0 aliphatic rings. The normalized spacial score (nSPS) is 10.9. The van der Waals surface area contributed by atoms with E-state index in [0.29, 0.717) is 5.82 Å². The van der Waals surface area contributed by atoms with E-state index >= 15 is 0 Å². The molecule has 0 saturated carbocycles. The highest BCUT2D eigenvalue weighted by molar-refractivity contribution is 5.85. The Morgan fingerprint density at radius 1 is 1.11 bits per heavy atom. The van der Waals surface area contributed by atoms with Crippen LogP contribution in [0.5, 0.6) is 0 Å². The molecule has 0 fully saturated rings. The first-order valence-electron chi connectivity index (χ1n) is 5.21. The highest BCUT2D eigenvalue weighted by atomic mass is 35.5. The fourth-order valence-corrected chi connectivity index (χ4v) is 1.60. The summed E-state index contributed by atoms with van der Waals surface area (Å²) in [5.41, 5.74) is 4.91. The topological polar surface area (TPSA) is 51.8 Å². The van der Waals surface area contributed by atoms with E-state index in [1.165, 1.54) is 30.5 Å². The second-order valence-electron chi connectivity index (χ2n) is 3.61. The number of aromatic nitrogens is 2. The smallest absolute Gasteiger partial charge is 0.324 e. The lowest BCUT2D eigenvalue weighted by Gasteiger charge is -2.12. The average Bonchev–Trinajstić information content (AvgIpc) is 2.38. The van der Waals surface area contributed by atoms with E-state index in [4.69, 9.17) is 5.73 Å². The fourth-order valence-electron chi connectivity index (χ4n) is 1.60. The maximum absolute atomic E-state index is 12.8. The van der Waals surface area contributed by atoms with Gasteiger partial charge in [0.25, 0.3) is 0 Å². The second kappa shape index (κ2) is 5.99. The van der Waals surface area contributed by atoms with Crippen LogP contribution >= 0.6 is 12.4 Å². The van der Waals surface area contributed by atoms with E-state index in [2.05, 4.69) is 9.97 Å². The van der Waals surface area contributed by atoms with Gasteiger partial charge >= 0.3 is 6.18 Å². The molecule has 0 atom stereocenters. The van der Waals surface area contributed by atoms with Gasteiger partial charge in [-0.25, -0.2) is 9.97 Å². The molecular weight excluding hydrogens is 279 g/mol. The molecule has 7 heteroatoms. The van der Waals surface area contributed by atoms with Gasteiger partial charge in [0.2, 0.25) is 0 Å². The Bertz CT molecular complexity index is 558. The van der Waals surface area contributed by atoms with Crippen molar-refractivity contribution in [3.8, 4) is 11.3 Å². The first-order valence-corrected chi connectivity index (χ1v) is 5.21. The maximum Gasteiger partial charge on any atom is 0.417 e. The van der Waals surface area contributed by atoms with Crippen LogP contribution < -0.4 is 5.73 Å². The molecule has 2 N–H and O–H groups in total. The molecule has 0 saturated heterocycles. The van der Waals surface area contributed by atoms with Gasteiger partial charge in [-0.3, -0.25) is 0 Å². The molecule has 0 aliphatic carbocycles. The molecule has 0 unspecified atom stereocenters. The van der Waals surface area contributed by atoms with Crippen LogP contribution in [0.15, 0.2) is 36.5 Å². The zero-order valence-electron chi connectivity index (χ0n) is 9.69. The lowest BCUT2D eigenvalue weighted by atomic mass is 10.0. The van der Waals surface area contributed by atoms with Gasteiger partial charge in [0, 0.05) is 11.8 Å². The van der Waals surface area contributed by atoms with Gasteiger partial charge < -0.3 is 5.73 Å². The van der Waals surface area contributed by atoms with Gasteiger partial charge in [-0.15, -0.1) is 12.4 Å². The average molecular weight is 290 g/mol. The first kappa shape index (κ1) is 15.4. The summed E-state index contributed by atoms with van der Waals surface area (Å²) in [5, 5.41) is 0. The van der Waals surface area contributed by atoms with Crippen molar-refractivity contribution in [2.45, 2.75) is 12.7 Å². The summed E-state index contributed by atoms with van der Waals surface area (Å²) in [6.07, 6.45) is -3.01. The van der Waals surface area contributed by atoms with Crippen LogP contribution in [-0.2, 0) is 12.7 Å². The lowest BCUT2D eigenvalue weighted by Crippen LogP contribution is -2.08. The molecule has 0 bridgehead atoms. The van der Waals surface area contributed by atoms with Crippen molar-refractivity contribution in [3.63, 3.8) is 0 Å². The predicted molar refractivity (Wildman–Crippen MR) is 67.6 cm³/mol. The monoisotopic (exact) mass is 289 g/mol. The Balaban J connectivity index is 0.00000180. The predicted octanol–water partition coefficient (Wildman–Crippen LogP) is 3.04. The van der Waals surface area contributed by atoms with E-state index in [9.17, 15) is 13.2 Å². The Morgan fingerprint density at radius 3 is 2.42 bits per heavy atom. The largest absolute Gasteiger partial charge is 0.417 e. The van der Waals surface area contributed by atoms with Gasteiger partial charge in [-0.1, -0.05) is 18.2 Å². The van der Waals surface area contributed by atoms with E-state index < -0.39 is 11.7 Å². The third-order valence-electron chi connectivity index (χ3n) is 2.40. The van der Waals surface area contributed by atoms with Crippen LogP contribution in [0.25, 0.3) is 11.3 Å². The zero-order chi connectivity index (χ0) is 13.2. The number of halogens is 4. The minimum Gasteiger partial charge on any atom is -0.324 e. The molecule has 19 heavy (non-hydrogen) atoms. The molecule has 2 aromatic rings. The number of nitrogens with two attached hydrogens (primary N) is 1. The Kier molecular flexibility index (Phi) is 4.85. The molecule has 0 radical (unpaired) electrons. The summed E-state index contributed by atoms with van der Waals surface area (Å²) in [4.78, 5) is 7.86. The minimum absolute atomic E-state index is 0. The number of benzene rings is 1. The number of nitrogens with zero attached hydrogens (tertiary/aromatic N) is 2. The SMILES string of the molecule is Cl.NCc1nccc(-c2ccccc2C(F)(F)F)n1. The Morgan fingerprint density at radius 2 is 1.79 bits per heavy atom. The standard InChI is InChI=1S/C12H10F3N3.ClH/c13-12(14,15)9-4-2-1-3-8(9)10-5-6-17-11(7-16)18-10;/h1-6H,7,16H2;1H. The molecular formula is C12H11ClF3N3. The fraction of sp³-hybridized carbons (Fsp3) is 0.167. The van der Waals surface area contributed by atoms with Crippen molar-refractivity contribution in [2.24, 2.45) is 5.73 Å². The van der Waals surface area contributed by atoms with Crippen molar-refractivity contribution in [1.82, 2.24) is 9.97 Å². The molecule has 0 amide bonds. The summed E-state index contributed by atoms with van der Waals surface area (Å²) in [6.45, 7) is 0.0853. The zero-order valence-corrected chi connectivity index (χ0v) is 10.5. The van der Waals surface area contributed by atoms with Gasteiger partial charge in [0.1, 0.15) is 5.82 Å². The number of hydrogen-bond donors (Lipinski definition) is 1. The van der Waals surface area contributed by atoms with Crippen LogP contribution in [0.1, 0.15) is 11.4 Å². The van der Waals surface area contributed by atoms with Crippen molar-refractivity contribution >= 4 is 12.4 Å². The van der Waals surface area contributed by atoms with Crippen LogP contribution in [0, 0.1) is 0 Å². The second-order valence-corrected chi connectivity index (χ2v) is 3.61. The summed E-state index contributed by atoms with van der Waals surface area (Å²) in [7, 11) is 0. The summed E-state index contributed by atoms with van der Waals surface area (Å²) < 4.78 is 38.5. The molecule has 1 heterocycles. The van der Waals surface area contributed by atoms with Gasteiger partial charge in [0.05, 0.1) is 17.8 Å². The molecule has 0 aliphatic heterocycles. The third kappa shape index (κ3) is 3.42. The van der Waals surface area contributed by atoms with Gasteiger partial charge in [-0.05, 0) is 12.1 Å². The highest BCUT2D eigenvalue weighted by Gasteiger charge is 2.33. The quantitative estimate of drug-likeness (QED) is 0.924. The number of rotatable bonds is 2. The summed E-state index contributed by atoms with van der Waals surface area (Å²) >= 11 is 0. The number of alkyl halides is 3. The minimum atomic E-state index is -4.41. The molecule has 1 aromatic heterocycles. The van der Waals surface area contributed by atoms with Crippen LogP contribution in [0.3, 0.4) is 0 Å². The van der Waals surface area contributed by atoms with Gasteiger partial charge in [-0.2, -0.15) is 13.2 Å². The molecule has 1 aromatic carbocycles. The first-order chi connectivity index (χ1) is 8.52. The Labute approximate surface area is 114 Å². The van der Waals surface area contributed by atoms with E-state index in [1.807, 2.05) is 0 Å². The highest BCUT2D eigenvalue weighted by Crippen LogP contribution is 2.36. The van der Waals surface area contributed by atoms with E-state index in [-0.39, 0.29) is 30.2 Å². The van der Waals surface area contributed by atoms with Crippen molar-refractivity contribution in [1.29, 1.82) is 0 Å². The molecule has 2 rings (SSSR count). The van der Waals surface area contributed by atoms with Crippen molar-refractivity contribution in [3.05, 3.63) is 47.9 Å². The van der Waals surface area contributed by atoms with Crippen molar-refractivity contribution in [2.75, 3.05) is 0 Å². The number of hydrogen-bond acceptors (Lipinski definition) is 3. The van der Waals surface area contributed by atoms with E-state index in [1.54, 1.807) is 0 Å².